The van der Waals surface area contributed by atoms with Crippen LogP contribution in [0.25, 0.3) is 0 Å². The Kier molecular flexibility index (Phi) is 4.17. The van der Waals surface area contributed by atoms with Crippen LogP contribution in [0.15, 0.2) is 0 Å². The van der Waals surface area contributed by atoms with Crippen molar-refractivity contribution in [2.45, 2.75) is 72.0 Å². The maximum atomic E-state index is 12.1. The standard InChI is InChI=1S/C12H26N2O2/c1-10(2,3)13-9(15)12(7,8)14(16)11(4,5)6/h16H,1-8H3,(H,13,15)/p+1. The van der Waals surface area contributed by atoms with Gasteiger partial charge in [0.25, 0.3) is 0 Å². The van der Waals surface area contributed by atoms with E-state index in [9.17, 15) is 4.79 Å². The van der Waals surface area contributed by atoms with Crippen LogP contribution in [0.2, 0.25) is 0 Å². The van der Waals surface area contributed by atoms with Crippen LogP contribution in [0, 0.1) is 0 Å². The highest BCUT2D eigenvalue weighted by Crippen LogP contribution is 2.23. The van der Waals surface area contributed by atoms with Gasteiger partial charge in [-0.2, -0.15) is 0 Å². The van der Waals surface area contributed by atoms with Gasteiger partial charge in [-0.25, -0.2) is 0 Å². The van der Waals surface area contributed by atoms with Crippen molar-refractivity contribution >= 4 is 5.91 Å². The fraction of sp³-hybridized carbons (Fsp3) is 0.917. The van der Waals surface area contributed by atoms with Crippen molar-refractivity contribution in [2.24, 2.45) is 0 Å². The fourth-order valence-corrected chi connectivity index (χ4v) is 1.43. The summed E-state index contributed by atoms with van der Waals surface area (Å²) < 4.78 is 0. The summed E-state index contributed by atoms with van der Waals surface area (Å²) in [5.74, 6) is -0.120. The highest BCUT2D eigenvalue weighted by atomic mass is 16.5. The summed E-state index contributed by atoms with van der Waals surface area (Å²) in [6.45, 7) is 15.1. The third kappa shape index (κ3) is 4.10. The molecule has 0 atom stereocenters. The van der Waals surface area contributed by atoms with Gasteiger partial charge in [-0.1, -0.05) is 5.06 Å². The third-order valence-corrected chi connectivity index (χ3v) is 2.27. The van der Waals surface area contributed by atoms with Crippen LogP contribution >= 0.6 is 0 Å². The molecule has 0 bridgehead atoms. The molecule has 0 aromatic carbocycles. The van der Waals surface area contributed by atoms with Crippen molar-refractivity contribution in [2.75, 3.05) is 0 Å². The molecule has 0 fully saturated rings. The van der Waals surface area contributed by atoms with Crippen molar-refractivity contribution in [1.29, 1.82) is 0 Å². The molecule has 4 heteroatoms. The smallest absolute Gasteiger partial charge is 0.247 e. The number of hydrogen-bond donors (Lipinski definition) is 1. The lowest BCUT2D eigenvalue weighted by Gasteiger charge is -2.38. The Bertz CT molecular complexity index is 259. The molecule has 0 aliphatic carbocycles. The second-order valence-corrected chi connectivity index (χ2v) is 6.77. The summed E-state index contributed by atoms with van der Waals surface area (Å²) in [5, 5.41) is 12.3. The summed E-state index contributed by atoms with van der Waals surface area (Å²) in [7, 11) is 0. The Morgan fingerprint density at radius 1 is 1.00 bits per heavy atom. The van der Waals surface area contributed by atoms with Gasteiger partial charge in [0.15, 0.2) is 5.54 Å². The summed E-state index contributed by atoms with van der Waals surface area (Å²) in [6.07, 6.45) is 0. The molecular formula is C12H27N2O2+. The largest absolute Gasteiger partial charge is 0.350 e. The van der Waals surface area contributed by atoms with E-state index in [4.69, 9.17) is 5.21 Å². The Morgan fingerprint density at radius 2 is 1.38 bits per heavy atom. The first-order valence-corrected chi connectivity index (χ1v) is 5.62. The lowest BCUT2D eigenvalue weighted by Crippen LogP contribution is -2.62. The maximum absolute atomic E-state index is 12.1. The number of nitrogens with one attached hydrogen (secondary N) is 1. The van der Waals surface area contributed by atoms with E-state index in [-0.39, 0.29) is 17.0 Å². The van der Waals surface area contributed by atoms with Gasteiger partial charge in [0, 0.05) is 5.54 Å². The van der Waals surface area contributed by atoms with Crippen LogP contribution in [0.1, 0.15) is 55.4 Å². The van der Waals surface area contributed by atoms with E-state index in [0.29, 0.717) is 0 Å². The van der Waals surface area contributed by atoms with Gasteiger partial charge in [0.05, 0.1) is 5.54 Å². The zero-order chi connectivity index (χ0) is 13.4. The van der Waals surface area contributed by atoms with E-state index in [0.717, 1.165) is 0 Å². The minimum Gasteiger partial charge on any atom is -0.350 e. The van der Waals surface area contributed by atoms with Crippen molar-refractivity contribution < 1.29 is 10.0 Å². The highest BCUT2D eigenvalue weighted by molar-refractivity contribution is 5.85. The average Bonchev–Trinajstić information content (AvgIpc) is 1.97. The first kappa shape index (κ1) is 15.4. The molecule has 1 amide bonds. The Labute approximate surface area is 99.0 Å². The Balaban J connectivity index is 4.86. The van der Waals surface area contributed by atoms with Crippen molar-refractivity contribution in [3.8, 4) is 0 Å². The van der Waals surface area contributed by atoms with E-state index in [2.05, 4.69) is 5.32 Å². The van der Waals surface area contributed by atoms with E-state index in [1.54, 1.807) is 13.8 Å². The highest BCUT2D eigenvalue weighted by Gasteiger charge is 2.44. The van der Waals surface area contributed by atoms with Gasteiger partial charge in [0.1, 0.15) is 0 Å². The molecule has 0 aliphatic rings. The van der Waals surface area contributed by atoms with Crippen LogP contribution in [0.5, 0.6) is 0 Å². The quantitative estimate of drug-likeness (QED) is 0.577. The van der Waals surface area contributed by atoms with E-state index in [1.165, 1.54) is 5.06 Å². The summed E-state index contributed by atoms with van der Waals surface area (Å²) in [4.78, 5) is 12.1. The van der Waals surface area contributed by atoms with Crippen molar-refractivity contribution in [1.82, 2.24) is 10.4 Å². The third-order valence-electron chi connectivity index (χ3n) is 2.27. The topological polar surface area (TPSA) is 55.2 Å². The molecule has 0 saturated carbocycles. The zero-order valence-electron chi connectivity index (χ0n) is 11.9. The normalized spacial score (nSPS) is 14.1. The number of hydroxylamine groups is 2. The molecule has 16 heavy (non-hydrogen) atoms. The van der Waals surface area contributed by atoms with Gasteiger partial charge in [-0.05, 0) is 55.4 Å². The first-order valence-electron chi connectivity index (χ1n) is 5.62. The summed E-state index contributed by atoms with van der Waals surface area (Å²) >= 11 is 0. The van der Waals surface area contributed by atoms with Gasteiger partial charge < -0.3 is 10.5 Å². The number of hydrogen-bond acceptors (Lipinski definition) is 2. The molecule has 96 valence electrons. The number of amides is 1. The molecule has 0 heterocycles. The molecule has 0 radical (unpaired) electrons. The number of carbonyl (C=O) groups is 1. The molecule has 0 rings (SSSR count). The Hall–Kier alpha value is -0.610. The van der Waals surface area contributed by atoms with Crippen molar-refractivity contribution in [3.63, 3.8) is 0 Å². The van der Waals surface area contributed by atoms with Gasteiger partial charge in [-0.3, -0.25) is 4.79 Å². The Morgan fingerprint density at radius 3 is 1.62 bits per heavy atom. The van der Waals surface area contributed by atoms with Crippen molar-refractivity contribution in [3.05, 3.63) is 0 Å². The predicted octanol–water partition coefficient (Wildman–Crippen LogP) is 1.42. The number of nitrogens with zero attached hydrogens (tertiary/aromatic N) is 1. The molecule has 0 aliphatic heterocycles. The van der Waals surface area contributed by atoms with Gasteiger partial charge in [-0.15, -0.1) is 0 Å². The molecular weight excluding hydrogens is 204 g/mol. The predicted molar refractivity (Wildman–Crippen MR) is 67.2 cm³/mol. The van der Waals surface area contributed by atoms with E-state index >= 15 is 0 Å². The molecule has 3 N–H and O–H groups in total. The van der Waals surface area contributed by atoms with Crippen LogP contribution in [0.4, 0.5) is 0 Å². The van der Waals surface area contributed by atoms with Crippen LogP contribution < -0.4 is 5.32 Å². The van der Waals surface area contributed by atoms with Crippen LogP contribution in [0.3, 0.4) is 0 Å². The van der Waals surface area contributed by atoms with E-state index in [1.807, 2.05) is 41.5 Å². The average molecular weight is 231 g/mol. The molecule has 4 nitrogen and oxygen atoms in total. The number of rotatable bonds is 2. The lowest BCUT2D eigenvalue weighted by molar-refractivity contribution is -0.217. The minimum atomic E-state index is -0.842. The fourth-order valence-electron chi connectivity index (χ4n) is 1.43. The summed E-state index contributed by atoms with van der Waals surface area (Å²) in [5.41, 5.74) is -1.47. The zero-order valence-corrected chi connectivity index (χ0v) is 11.9. The second kappa shape index (κ2) is 4.34. The molecule has 0 aromatic rings. The first-order chi connectivity index (χ1) is 6.78. The van der Waals surface area contributed by atoms with Gasteiger partial charge >= 0.3 is 0 Å². The molecule has 0 unspecified atom stereocenters. The maximum Gasteiger partial charge on any atom is 0.247 e. The van der Waals surface area contributed by atoms with Crippen LogP contribution in [-0.4, -0.2) is 32.8 Å². The van der Waals surface area contributed by atoms with Gasteiger partial charge in [0.2, 0.25) is 5.91 Å². The van der Waals surface area contributed by atoms with Crippen LogP contribution in [-0.2, 0) is 4.79 Å². The molecule has 0 saturated heterocycles. The van der Waals surface area contributed by atoms with E-state index < -0.39 is 5.54 Å². The lowest BCUT2D eigenvalue weighted by atomic mass is 9.95. The molecule has 0 aromatic heterocycles. The summed E-state index contributed by atoms with van der Waals surface area (Å²) in [6, 6.07) is 0. The second-order valence-electron chi connectivity index (χ2n) is 6.77. The monoisotopic (exact) mass is 231 g/mol. The molecule has 0 spiro atoms. The number of carbonyl (C=O) groups excluding carboxylic acids is 1. The minimum absolute atomic E-state index is 0.120. The SMILES string of the molecule is CC(C)(C)NC(=O)C(C)(C)N([OH2+])C(C)(C)C.